The minimum absolute atomic E-state index is 0.0930. The average Bonchev–Trinajstić information content (AvgIpc) is 2.68. The summed E-state index contributed by atoms with van der Waals surface area (Å²) in [4.78, 5) is 4.06. The molecule has 0 aliphatic heterocycles. The number of hydrogen-bond acceptors (Lipinski definition) is 3. The van der Waals surface area contributed by atoms with Gasteiger partial charge in [-0.25, -0.2) is 8.42 Å². The second-order valence-electron chi connectivity index (χ2n) is 8.54. The van der Waals surface area contributed by atoms with E-state index in [4.69, 9.17) is 0 Å². The maximum Gasteiger partial charge on any atom is 0.159 e. The Morgan fingerprint density at radius 1 is 0.655 bits per heavy atom. The van der Waals surface area contributed by atoms with E-state index in [9.17, 15) is 8.42 Å². The Hall–Kier alpha value is -2.46. The normalized spacial score (nSPS) is 12.1. The van der Waals surface area contributed by atoms with Crippen LogP contribution in [-0.4, -0.2) is 18.1 Å². The second-order valence-corrected chi connectivity index (χ2v) is 11.3. The molecule has 0 amide bonds. The molecule has 2 aromatic carbocycles. The van der Waals surface area contributed by atoms with Gasteiger partial charge in [0, 0.05) is 12.4 Å². The van der Waals surface area contributed by atoms with Crippen LogP contribution in [0.15, 0.2) is 73.1 Å². The Balaban J connectivity index is 1.55. The molecule has 1 aromatic heterocycles. The first kappa shape index (κ1) is 21.3. The van der Waals surface area contributed by atoms with Gasteiger partial charge in [-0.2, -0.15) is 0 Å². The minimum atomic E-state index is -3.15. The SMILES string of the molecule is CC(C)(C)S(=O)(=O)Cc1ccc(CCc2ccc(Cc3ccncc3)cc2)cc1. The zero-order valence-corrected chi connectivity index (χ0v) is 18.2. The van der Waals surface area contributed by atoms with Gasteiger partial charge in [0.2, 0.25) is 0 Å². The second kappa shape index (κ2) is 8.91. The molecule has 0 fully saturated rings. The van der Waals surface area contributed by atoms with Crippen LogP contribution in [0, 0.1) is 0 Å². The van der Waals surface area contributed by atoms with Gasteiger partial charge in [-0.15, -0.1) is 0 Å². The summed E-state index contributed by atoms with van der Waals surface area (Å²) in [7, 11) is -3.15. The van der Waals surface area contributed by atoms with E-state index in [0.717, 1.165) is 24.8 Å². The zero-order valence-electron chi connectivity index (χ0n) is 17.4. The molecule has 3 nitrogen and oxygen atoms in total. The summed E-state index contributed by atoms with van der Waals surface area (Å²) in [5.74, 6) is 0.0930. The number of hydrogen-bond donors (Lipinski definition) is 0. The lowest BCUT2D eigenvalue weighted by molar-refractivity contribution is 0.559. The van der Waals surface area contributed by atoms with Crippen LogP contribution in [0.1, 0.15) is 48.6 Å². The van der Waals surface area contributed by atoms with Crippen molar-refractivity contribution in [3.8, 4) is 0 Å². The Kier molecular flexibility index (Phi) is 6.53. The molecule has 0 saturated heterocycles. The maximum absolute atomic E-state index is 12.4. The van der Waals surface area contributed by atoms with Gasteiger partial charge in [0.25, 0.3) is 0 Å². The van der Waals surface area contributed by atoms with Gasteiger partial charge in [-0.1, -0.05) is 48.5 Å². The monoisotopic (exact) mass is 407 g/mol. The first-order valence-electron chi connectivity index (χ1n) is 10.00. The number of benzene rings is 2. The lowest BCUT2D eigenvalue weighted by Gasteiger charge is -2.19. The molecular formula is C25H29NO2S. The van der Waals surface area contributed by atoms with Gasteiger partial charge in [-0.3, -0.25) is 4.98 Å². The van der Waals surface area contributed by atoms with E-state index in [1.807, 2.05) is 48.8 Å². The zero-order chi connectivity index (χ0) is 20.9. The first-order valence-corrected chi connectivity index (χ1v) is 11.6. The van der Waals surface area contributed by atoms with Crippen molar-refractivity contribution < 1.29 is 8.42 Å². The van der Waals surface area contributed by atoms with E-state index in [1.54, 1.807) is 20.8 Å². The van der Waals surface area contributed by atoms with Crippen molar-refractivity contribution in [1.82, 2.24) is 4.98 Å². The van der Waals surface area contributed by atoms with E-state index in [2.05, 4.69) is 29.2 Å². The highest BCUT2D eigenvalue weighted by atomic mass is 32.2. The van der Waals surface area contributed by atoms with Crippen molar-refractivity contribution in [2.45, 2.75) is 50.5 Å². The quantitative estimate of drug-likeness (QED) is 0.543. The minimum Gasteiger partial charge on any atom is -0.265 e. The van der Waals surface area contributed by atoms with Gasteiger partial charge in [-0.05, 0) is 80.0 Å². The van der Waals surface area contributed by atoms with Crippen LogP contribution in [0.5, 0.6) is 0 Å². The summed E-state index contributed by atoms with van der Waals surface area (Å²) in [6, 6.07) is 20.8. The number of aryl methyl sites for hydroxylation is 2. The third-order valence-corrected chi connectivity index (χ3v) is 7.77. The topological polar surface area (TPSA) is 47.0 Å². The average molecular weight is 408 g/mol. The van der Waals surface area contributed by atoms with E-state index in [1.165, 1.54) is 22.3 Å². The number of nitrogens with zero attached hydrogens (tertiary/aromatic N) is 1. The largest absolute Gasteiger partial charge is 0.265 e. The number of rotatable bonds is 7. The highest BCUT2D eigenvalue weighted by molar-refractivity contribution is 7.91. The molecule has 0 aliphatic carbocycles. The molecule has 1 heterocycles. The first-order chi connectivity index (χ1) is 13.7. The molecule has 0 unspecified atom stereocenters. The van der Waals surface area contributed by atoms with Crippen molar-refractivity contribution in [3.05, 3.63) is 101 Å². The Morgan fingerprint density at radius 2 is 1.07 bits per heavy atom. The molecule has 0 saturated carbocycles. The highest BCUT2D eigenvalue weighted by Gasteiger charge is 2.28. The molecule has 29 heavy (non-hydrogen) atoms. The summed E-state index contributed by atoms with van der Waals surface area (Å²) in [6.07, 6.45) is 6.48. The molecule has 4 heteroatoms. The third-order valence-electron chi connectivity index (χ3n) is 5.20. The van der Waals surface area contributed by atoms with Gasteiger partial charge in [0.05, 0.1) is 10.5 Å². The van der Waals surface area contributed by atoms with E-state index in [0.29, 0.717) is 0 Å². The van der Waals surface area contributed by atoms with Crippen molar-refractivity contribution in [3.63, 3.8) is 0 Å². The number of sulfone groups is 1. The summed E-state index contributed by atoms with van der Waals surface area (Å²) < 4.78 is 24.0. The molecule has 0 spiro atoms. The number of pyridine rings is 1. The van der Waals surface area contributed by atoms with Crippen LogP contribution < -0.4 is 0 Å². The Bertz CT molecular complexity index is 1020. The summed E-state index contributed by atoms with van der Waals surface area (Å²) in [5.41, 5.74) is 5.94. The van der Waals surface area contributed by atoms with Gasteiger partial charge in [0.15, 0.2) is 9.84 Å². The lowest BCUT2D eigenvalue weighted by atomic mass is 10.0. The molecule has 0 atom stereocenters. The molecule has 0 radical (unpaired) electrons. The Morgan fingerprint density at radius 3 is 1.55 bits per heavy atom. The van der Waals surface area contributed by atoms with Gasteiger partial charge >= 0.3 is 0 Å². The van der Waals surface area contributed by atoms with Crippen molar-refractivity contribution >= 4 is 9.84 Å². The molecule has 0 aliphatic rings. The summed E-state index contributed by atoms with van der Waals surface area (Å²) in [6.45, 7) is 5.25. The fraction of sp³-hybridized carbons (Fsp3) is 0.320. The van der Waals surface area contributed by atoms with Crippen LogP contribution >= 0.6 is 0 Å². The predicted octanol–water partition coefficient (Wildman–Crippen LogP) is 5.17. The summed E-state index contributed by atoms with van der Waals surface area (Å²) in [5, 5.41) is 0. The van der Waals surface area contributed by atoms with Crippen LogP contribution in [0.4, 0.5) is 0 Å². The van der Waals surface area contributed by atoms with E-state index in [-0.39, 0.29) is 5.75 Å². The molecule has 152 valence electrons. The third kappa shape index (κ3) is 6.01. The van der Waals surface area contributed by atoms with Crippen LogP contribution in [0.3, 0.4) is 0 Å². The molecule has 3 rings (SSSR count). The lowest BCUT2D eigenvalue weighted by Crippen LogP contribution is -2.29. The fourth-order valence-electron chi connectivity index (χ4n) is 3.09. The van der Waals surface area contributed by atoms with Crippen molar-refractivity contribution in [2.75, 3.05) is 0 Å². The smallest absolute Gasteiger partial charge is 0.159 e. The Labute approximate surface area is 174 Å². The maximum atomic E-state index is 12.4. The van der Waals surface area contributed by atoms with E-state index < -0.39 is 14.6 Å². The van der Waals surface area contributed by atoms with Crippen LogP contribution in [0.25, 0.3) is 0 Å². The molecular weight excluding hydrogens is 378 g/mol. The van der Waals surface area contributed by atoms with E-state index >= 15 is 0 Å². The van der Waals surface area contributed by atoms with Crippen LogP contribution in [-0.2, 0) is 34.9 Å². The number of aromatic nitrogens is 1. The van der Waals surface area contributed by atoms with Crippen molar-refractivity contribution in [1.29, 1.82) is 0 Å². The van der Waals surface area contributed by atoms with Gasteiger partial charge in [0.1, 0.15) is 0 Å². The molecule has 0 N–H and O–H groups in total. The standard InChI is InChI=1S/C25H29NO2S/c1-25(2,3)29(27,28)19-24-12-8-21(9-13-24)5-4-20-6-10-22(11-7-20)18-23-14-16-26-17-15-23/h6-17H,4-5,18-19H2,1-3H3. The van der Waals surface area contributed by atoms with Crippen LogP contribution in [0.2, 0.25) is 0 Å². The molecule has 3 aromatic rings. The van der Waals surface area contributed by atoms with Gasteiger partial charge < -0.3 is 0 Å². The highest BCUT2D eigenvalue weighted by Crippen LogP contribution is 2.21. The fourth-order valence-corrected chi connectivity index (χ4v) is 4.15. The summed E-state index contributed by atoms with van der Waals surface area (Å²) >= 11 is 0. The predicted molar refractivity (Wildman–Crippen MR) is 120 cm³/mol. The molecule has 0 bridgehead atoms. The van der Waals surface area contributed by atoms with Crippen molar-refractivity contribution in [2.24, 2.45) is 0 Å².